The summed E-state index contributed by atoms with van der Waals surface area (Å²) in [6.45, 7) is 0.613. The van der Waals surface area contributed by atoms with Crippen LogP contribution in [0.1, 0.15) is 31.2 Å². The number of halogens is 1. The predicted octanol–water partition coefficient (Wildman–Crippen LogP) is 4.68. The molecule has 1 aromatic carbocycles. The second-order valence-electron chi connectivity index (χ2n) is 5.70. The Morgan fingerprint density at radius 1 is 1.22 bits per heavy atom. The normalized spacial score (nSPS) is 14.7. The summed E-state index contributed by atoms with van der Waals surface area (Å²) in [4.78, 5) is 4.09. The highest BCUT2D eigenvalue weighted by molar-refractivity contribution is 6.30. The molecule has 0 spiro atoms. The first-order valence-electron chi connectivity index (χ1n) is 7.94. The fourth-order valence-corrected chi connectivity index (χ4v) is 3.00. The van der Waals surface area contributed by atoms with Gasteiger partial charge in [0.25, 0.3) is 0 Å². The fourth-order valence-electron chi connectivity index (χ4n) is 2.81. The number of pyridine rings is 1. The van der Waals surface area contributed by atoms with Crippen molar-refractivity contribution < 1.29 is 9.47 Å². The minimum atomic E-state index is 0.298. The number of ether oxygens (including phenoxy) is 2. The number of aromatic nitrogens is 1. The Balaban J connectivity index is 1.70. The van der Waals surface area contributed by atoms with Crippen LogP contribution in [0.2, 0.25) is 5.15 Å². The van der Waals surface area contributed by atoms with E-state index in [2.05, 4.69) is 10.3 Å². The number of anilines is 1. The third-order valence-corrected chi connectivity index (χ3v) is 4.42. The lowest BCUT2D eigenvalue weighted by molar-refractivity contribution is 0.201. The molecule has 1 aromatic heterocycles. The molecule has 0 atom stereocenters. The monoisotopic (exact) mass is 332 g/mol. The van der Waals surface area contributed by atoms with Crippen LogP contribution < -0.4 is 14.8 Å². The topological polar surface area (TPSA) is 43.4 Å². The van der Waals surface area contributed by atoms with Crippen molar-refractivity contribution in [3.05, 3.63) is 47.2 Å². The summed E-state index contributed by atoms with van der Waals surface area (Å²) in [6, 6.07) is 9.73. The molecule has 5 heteroatoms. The SMILES string of the molecule is COc1ccc(NCc2cccnc2Cl)cc1OC1CCCC1. The van der Waals surface area contributed by atoms with Crippen molar-refractivity contribution in [3.63, 3.8) is 0 Å². The zero-order valence-electron chi connectivity index (χ0n) is 13.2. The van der Waals surface area contributed by atoms with Crippen LogP contribution in [0.3, 0.4) is 0 Å². The molecular formula is C18H21ClN2O2. The number of benzene rings is 1. The second kappa shape index (κ2) is 7.55. The molecule has 0 unspecified atom stereocenters. The summed E-state index contributed by atoms with van der Waals surface area (Å²) in [7, 11) is 1.67. The summed E-state index contributed by atoms with van der Waals surface area (Å²) in [5.74, 6) is 1.56. The van der Waals surface area contributed by atoms with Gasteiger partial charge in [0.05, 0.1) is 13.2 Å². The van der Waals surface area contributed by atoms with Crippen LogP contribution >= 0.6 is 11.6 Å². The van der Waals surface area contributed by atoms with Crippen molar-refractivity contribution in [3.8, 4) is 11.5 Å². The van der Waals surface area contributed by atoms with E-state index in [-0.39, 0.29) is 0 Å². The minimum absolute atomic E-state index is 0.298. The zero-order chi connectivity index (χ0) is 16.1. The molecule has 1 aliphatic rings. The van der Waals surface area contributed by atoms with Crippen molar-refractivity contribution in [2.75, 3.05) is 12.4 Å². The van der Waals surface area contributed by atoms with E-state index >= 15 is 0 Å². The number of hydrogen-bond donors (Lipinski definition) is 1. The fraction of sp³-hybridized carbons (Fsp3) is 0.389. The van der Waals surface area contributed by atoms with Gasteiger partial charge in [0.15, 0.2) is 11.5 Å². The van der Waals surface area contributed by atoms with Gasteiger partial charge in [-0.2, -0.15) is 0 Å². The lowest BCUT2D eigenvalue weighted by atomic mass is 10.2. The average Bonchev–Trinajstić information content (AvgIpc) is 3.07. The molecule has 1 heterocycles. The Bertz CT molecular complexity index is 657. The largest absolute Gasteiger partial charge is 0.493 e. The molecule has 0 bridgehead atoms. The van der Waals surface area contributed by atoms with E-state index in [1.807, 2.05) is 30.3 Å². The Kier molecular flexibility index (Phi) is 5.23. The van der Waals surface area contributed by atoms with Gasteiger partial charge in [0.1, 0.15) is 5.15 Å². The van der Waals surface area contributed by atoms with E-state index in [0.29, 0.717) is 17.8 Å². The Morgan fingerprint density at radius 2 is 2.04 bits per heavy atom. The van der Waals surface area contributed by atoms with Crippen LogP contribution in [-0.4, -0.2) is 18.2 Å². The van der Waals surface area contributed by atoms with Gasteiger partial charge in [-0.05, 0) is 43.9 Å². The van der Waals surface area contributed by atoms with Gasteiger partial charge >= 0.3 is 0 Å². The molecule has 0 radical (unpaired) electrons. The van der Waals surface area contributed by atoms with Crippen LogP contribution in [0.15, 0.2) is 36.5 Å². The molecule has 23 heavy (non-hydrogen) atoms. The molecule has 0 saturated heterocycles. The summed E-state index contributed by atoms with van der Waals surface area (Å²) >= 11 is 6.09. The first-order chi connectivity index (χ1) is 11.3. The highest BCUT2D eigenvalue weighted by atomic mass is 35.5. The summed E-state index contributed by atoms with van der Waals surface area (Å²) < 4.78 is 11.5. The Hall–Kier alpha value is -1.94. The van der Waals surface area contributed by atoms with Gasteiger partial charge in [0, 0.05) is 30.1 Å². The zero-order valence-corrected chi connectivity index (χ0v) is 14.0. The molecule has 122 valence electrons. The van der Waals surface area contributed by atoms with Gasteiger partial charge < -0.3 is 14.8 Å². The standard InChI is InChI=1S/C18H21ClN2O2/c1-22-16-9-8-14(11-17(16)23-15-6-2-3-7-15)21-12-13-5-4-10-20-18(13)19/h4-5,8-11,15,21H,2-3,6-7,12H2,1H3. The van der Waals surface area contributed by atoms with Gasteiger partial charge in [0.2, 0.25) is 0 Å². The first kappa shape index (κ1) is 15.9. The van der Waals surface area contributed by atoms with Crippen LogP contribution in [0.25, 0.3) is 0 Å². The van der Waals surface area contributed by atoms with Gasteiger partial charge in [-0.25, -0.2) is 4.98 Å². The van der Waals surface area contributed by atoms with Gasteiger partial charge in [-0.1, -0.05) is 17.7 Å². The number of nitrogens with zero attached hydrogens (tertiary/aromatic N) is 1. The summed E-state index contributed by atoms with van der Waals surface area (Å²) in [6.07, 6.45) is 6.70. The molecule has 1 fully saturated rings. The molecule has 3 rings (SSSR count). The first-order valence-corrected chi connectivity index (χ1v) is 8.32. The Labute approximate surface area is 141 Å². The number of nitrogens with one attached hydrogen (secondary N) is 1. The molecule has 1 aliphatic carbocycles. The van der Waals surface area contributed by atoms with Gasteiger partial charge in [-0.15, -0.1) is 0 Å². The molecular weight excluding hydrogens is 312 g/mol. The van der Waals surface area contributed by atoms with Crippen LogP contribution in [0.5, 0.6) is 11.5 Å². The summed E-state index contributed by atoms with van der Waals surface area (Å²) in [5.41, 5.74) is 1.93. The maximum atomic E-state index is 6.11. The molecule has 0 aliphatic heterocycles. The predicted molar refractivity (Wildman–Crippen MR) is 92.5 cm³/mol. The van der Waals surface area contributed by atoms with Crippen LogP contribution in [0, 0.1) is 0 Å². The minimum Gasteiger partial charge on any atom is -0.493 e. The summed E-state index contributed by atoms with van der Waals surface area (Å²) in [5, 5.41) is 3.88. The molecule has 1 saturated carbocycles. The lowest BCUT2D eigenvalue weighted by Crippen LogP contribution is -2.12. The van der Waals surface area contributed by atoms with Crippen molar-refractivity contribution >= 4 is 17.3 Å². The maximum absolute atomic E-state index is 6.11. The smallest absolute Gasteiger partial charge is 0.163 e. The quantitative estimate of drug-likeness (QED) is 0.780. The van der Waals surface area contributed by atoms with E-state index in [1.54, 1.807) is 13.3 Å². The number of hydrogen-bond acceptors (Lipinski definition) is 4. The van der Waals surface area contributed by atoms with E-state index in [9.17, 15) is 0 Å². The van der Waals surface area contributed by atoms with Crippen molar-refractivity contribution in [2.45, 2.75) is 38.3 Å². The van der Waals surface area contributed by atoms with Crippen molar-refractivity contribution in [1.29, 1.82) is 0 Å². The van der Waals surface area contributed by atoms with E-state index in [1.165, 1.54) is 12.8 Å². The molecule has 2 aromatic rings. The van der Waals surface area contributed by atoms with Crippen LogP contribution in [0.4, 0.5) is 5.69 Å². The van der Waals surface area contributed by atoms with E-state index in [0.717, 1.165) is 35.6 Å². The second-order valence-corrected chi connectivity index (χ2v) is 6.05. The third-order valence-electron chi connectivity index (χ3n) is 4.08. The average molecular weight is 333 g/mol. The highest BCUT2D eigenvalue weighted by Crippen LogP contribution is 2.34. The van der Waals surface area contributed by atoms with Crippen molar-refractivity contribution in [1.82, 2.24) is 4.98 Å². The van der Waals surface area contributed by atoms with E-state index < -0.39 is 0 Å². The Morgan fingerprint density at radius 3 is 2.78 bits per heavy atom. The molecule has 1 N–H and O–H groups in total. The maximum Gasteiger partial charge on any atom is 0.163 e. The van der Waals surface area contributed by atoms with E-state index in [4.69, 9.17) is 21.1 Å². The third kappa shape index (κ3) is 4.08. The van der Waals surface area contributed by atoms with Gasteiger partial charge in [-0.3, -0.25) is 0 Å². The number of methoxy groups -OCH3 is 1. The molecule has 4 nitrogen and oxygen atoms in total. The van der Waals surface area contributed by atoms with Crippen molar-refractivity contribution in [2.24, 2.45) is 0 Å². The molecule has 0 amide bonds. The number of rotatable bonds is 6. The lowest BCUT2D eigenvalue weighted by Gasteiger charge is -2.17. The van der Waals surface area contributed by atoms with Crippen LogP contribution in [-0.2, 0) is 6.54 Å². The highest BCUT2D eigenvalue weighted by Gasteiger charge is 2.18.